The first-order valence-corrected chi connectivity index (χ1v) is 4.49. The molecule has 0 nitrogen and oxygen atoms in total. The van der Waals surface area contributed by atoms with Crippen molar-refractivity contribution in [3.05, 3.63) is 35.9 Å². The lowest BCUT2D eigenvalue weighted by Crippen LogP contribution is -1.99. The van der Waals surface area contributed by atoms with Crippen molar-refractivity contribution in [2.24, 2.45) is 0 Å². The van der Waals surface area contributed by atoms with E-state index in [1.165, 1.54) is 5.56 Å². The zero-order valence-electron chi connectivity index (χ0n) is 7.12. The van der Waals surface area contributed by atoms with E-state index in [0.717, 1.165) is 6.42 Å². The summed E-state index contributed by atoms with van der Waals surface area (Å²) in [5.41, 5.74) is 1.29. The molecule has 0 aliphatic heterocycles. The van der Waals surface area contributed by atoms with Crippen molar-refractivity contribution < 1.29 is 0 Å². The molecule has 1 heteroatoms. The summed E-state index contributed by atoms with van der Waals surface area (Å²) in [5, 5.41) is 0.164. The van der Waals surface area contributed by atoms with Gasteiger partial charge < -0.3 is 0 Å². The third-order valence-electron chi connectivity index (χ3n) is 1.58. The Bertz CT molecular complexity index is 279. The lowest BCUT2D eigenvalue weighted by atomic mass is 10.1. The molecule has 0 fully saturated rings. The monoisotopic (exact) mass is 176 g/mol. The molecule has 1 unspecified atom stereocenters. The molecule has 0 N–H and O–H groups in total. The van der Waals surface area contributed by atoms with E-state index in [1.807, 2.05) is 25.1 Å². The van der Waals surface area contributed by atoms with E-state index >= 15 is 0 Å². The van der Waals surface area contributed by atoms with E-state index in [0.29, 0.717) is 0 Å². The van der Waals surface area contributed by atoms with Crippen molar-refractivity contribution in [3.8, 4) is 11.8 Å². The molecule has 0 heterocycles. The molecule has 0 aliphatic rings. The average Bonchev–Trinajstić information content (AvgIpc) is 2.06. The summed E-state index contributed by atoms with van der Waals surface area (Å²) in [6.07, 6.45) is 0.921. The standard InChI is InChI=1S/C11H12S/c1-2-6-11(12)9-10-7-4-3-5-8-10/h3-5,7-8,11-12H,9H2,1H3. The lowest BCUT2D eigenvalue weighted by molar-refractivity contribution is 1.05. The molecule has 0 saturated carbocycles. The Morgan fingerprint density at radius 3 is 2.58 bits per heavy atom. The third kappa shape index (κ3) is 3.02. The summed E-state index contributed by atoms with van der Waals surface area (Å²) >= 11 is 4.35. The van der Waals surface area contributed by atoms with Gasteiger partial charge in [-0.25, -0.2) is 0 Å². The first-order chi connectivity index (χ1) is 5.83. The summed E-state index contributed by atoms with van der Waals surface area (Å²) in [5.74, 6) is 5.87. The van der Waals surface area contributed by atoms with Crippen LogP contribution in [0.25, 0.3) is 0 Å². The predicted octanol–water partition coefficient (Wildman–Crippen LogP) is 2.55. The van der Waals surface area contributed by atoms with Crippen LogP contribution in [0.4, 0.5) is 0 Å². The Balaban J connectivity index is 2.56. The van der Waals surface area contributed by atoms with Gasteiger partial charge in [0.25, 0.3) is 0 Å². The van der Waals surface area contributed by atoms with Crippen LogP contribution in [0.5, 0.6) is 0 Å². The maximum atomic E-state index is 4.35. The van der Waals surface area contributed by atoms with Crippen LogP contribution < -0.4 is 0 Å². The summed E-state index contributed by atoms with van der Waals surface area (Å²) in [6.45, 7) is 1.84. The van der Waals surface area contributed by atoms with Crippen molar-refractivity contribution in [3.63, 3.8) is 0 Å². The maximum Gasteiger partial charge on any atom is 0.0667 e. The normalized spacial score (nSPS) is 11.5. The molecule has 0 amide bonds. The van der Waals surface area contributed by atoms with Crippen LogP contribution in [0.3, 0.4) is 0 Å². The van der Waals surface area contributed by atoms with Gasteiger partial charge in [-0.2, -0.15) is 12.6 Å². The Hall–Kier alpha value is -0.870. The highest BCUT2D eigenvalue weighted by atomic mass is 32.1. The van der Waals surface area contributed by atoms with Crippen molar-refractivity contribution in [1.82, 2.24) is 0 Å². The lowest BCUT2D eigenvalue weighted by Gasteiger charge is -2.02. The zero-order valence-corrected chi connectivity index (χ0v) is 8.01. The van der Waals surface area contributed by atoms with Crippen LogP contribution in [0.15, 0.2) is 30.3 Å². The third-order valence-corrected chi connectivity index (χ3v) is 1.89. The Kier molecular flexibility index (Phi) is 3.76. The van der Waals surface area contributed by atoms with Crippen molar-refractivity contribution in [2.75, 3.05) is 0 Å². The van der Waals surface area contributed by atoms with Crippen LogP contribution in [0.2, 0.25) is 0 Å². The zero-order chi connectivity index (χ0) is 8.81. The van der Waals surface area contributed by atoms with Crippen molar-refractivity contribution in [1.29, 1.82) is 0 Å². The topological polar surface area (TPSA) is 0 Å². The highest BCUT2D eigenvalue weighted by molar-refractivity contribution is 7.81. The van der Waals surface area contributed by atoms with E-state index in [1.54, 1.807) is 0 Å². The smallest absolute Gasteiger partial charge is 0.0667 e. The van der Waals surface area contributed by atoms with E-state index in [2.05, 4.69) is 36.6 Å². The molecule has 0 saturated heterocycles. The molecular weight excluding hydrogens is 164 g/mol. The van der Waals surface area contributed by atoms with Crippen LogP contribution in [0, 0.1) is 11.8 Å². The largest absolute Gasteiger partial charge is 0.162 e. The minimum Gasteiger partial charge on any atom is -0.162 e. The Labute approximate surface area is 79.4 Å². The number of hydrogen-bond donors (Lipinski definition) is 1. The van der Waals surface area contributed by atoms with Crippen LogP contribution in [0.1, 0.15) is 12.5 Å². The summed E-state index contributed by atoms with van der Waals surface area (Å²) in [4.78, 5) is 0. The van der Waals surface area contributed by atoms with Crippen molar-refractivity contribution >= 4 is 12.6 Å². The van der Waals surface area contributed by atoms with Gasteiger partial charge >= 0.3 is 0 Å². The second-order valence-electron chi connectivity index (χ2n) is 2.60. The molecule has 62 valence electrons. The summed E-state index contributed by atoms with van der Waals surface area (Å²) in [7, 11) is 0. The van der Waals surface area contributed by atoms with Gasteiger partial charge in [-0.15, -0.1) is 5.92 Å². The fourth-order valence-corrected chi connectivity index (χ4v) is 1.39. The fourth-order valence-electron chi connectivity index (χ4n) is 1.05. The minimum absolute atomic E-state index is 0.164. The van der Waals surface area contributed by atoms with Crippen LogP contribution >= 0.6 is 12.6 Å². The second-order valence-corrected chi connectivity index (χ2v) is 3.22. The molecule has 0 radical (unpaired) electrons. The quantitative estimate of drug-likeness (QED) is 0.519. The Morgan fingerprint density at radius 2 is 2.00 bits per heavy atom. The number of benzene rings is 1. The summed E-state index contributed by atoms with van der Waals surface area (Å²) < 4.78 is 0. The highest BCUT2D eigenvalue weighted by Gasteiger charge is 1.98. The SMILES string of the molecule is CC#CC(S)Cc1ccccc1. The molecule has 12 heavy (non-hydrogen) atoms. The van der Waals surface area contributed by atoms with Gasteiger partial charge in [0.05, 0.1) is 5.25 Å². The van der Waals surface area contributed by atoms with Crippen LogP contribution in [-0.4, -0.2) is 5.25 Å². The second kappa shape index (κ2) is 4.90. The first kappa shape index (κ1) is 9.22. The van der Waals surface area contributed by atoms with E-state index in [-0.39, 0.29) is 5.25 Å². The van der Waals surface area contributed by atoms with Gasteiger partial charge in [0.1, 0.15) is 0 Å². The van der Waals surface area contributed by atoms with Gasteiger partial charge in [0, 0.05) is 0 Å². The molecule has 1 aromatic rings. The molecule has 0 bridgehead atoms. The molecular formula is C11H12S. The predicted molar refractivity (Wildman–Crippen MR) is 56.4 cm³/mol. The number of rotatable bonds is 2. The van der Waals surface area contributed by atoms with Gasteiger partial charge in [0.15, 0.2) is 0 Å². The highest BCUT2D eigenvalue weighted by Crippen LogP contribution is 2.06. The maximum absolute atomic E-state index is 4.35. The first-order valence-electron chi connectivity index (χ1n) is 3.97. The van der Waals surface area contributed by atoms with Gasteiger partial charge in [-0.05, 0) is 18.9 Å². The number of hydrogen-bond acceptors (Lipinski definition) is 1. The Morgan fingerprint density at radius 1 is 1.33 bits per heavy atom. The van der Waals surface area contributed by atoms with E-state index < -0.39 is 0 Å². The van der Waals surface area contributed by atoms with E-state index in [9.17, 15) is 0 Å². The molecule has 1 rings (SSSR count). The molecule has 1 aromatic carbocycles. The molecule has 1 atom stereocenters. The van der Waals surface area contributed by atoms with Crippen molar-refractivity contribution in [2.45, 2.75) is 18.6 Å². The van der Waals surface area contributed by atoms with Gasteiger partial charge in [-0.3, -0.25) is 0 Å². The van der Waals surface area contributed by atoms with Gasteiger partial charge in [-0.1, -0.05) is 36.3 Å². The van der Waals surface area contributed by atoms with Crippen LogP contribution in [-0.2, 0) is 6.42 Å². The van der Waals surface area contributed by atoms with Gasteiger partial charge in [0.2, 0.25) is 0 Å². The summed E-state index contributed by atoms with van der Waals surface area (Å²) in [6, 6.07) is 10.3. The number of thiol groups is 1. The molecule has 0 aliphatic carbocycles. The van der Waals surface area contributed by atoms with E-state index in [4.69, 9.17) is 0 Å². The average molecular weight is 176 g/mol. The minimum atomic E-state index is 0.164. The molecule has 0 spiro atoms. The molecule has 0 aromatic heterocycles. The fraction of sp³-hybridized carbons (Fsp3) is 0.273.